The Bertz CT molecular complexity index is 943. The van der Waals surface area contributed by atoms with Gasteiger partial charge in [0.05, 0.1) is 15.6 Å². The van der Waals surface area contributed by atoms with Crippen molar-refractivity contribution >= 4 is 34.4 Å². The van der Waals surface area contributed by atoms with Gasteiger partial charge in [-0.25, -0.2) is 9.78 Å². The third-order valence-corrected chi connectivity index (χ3v) is 5.04. The first-order valence-corrected chi connectivity index (χ1v) is 8.15. The highest BCUT2D eigenvalue weighted by atomic mass is 35.5. The molecule has 0 radical (unpaired) electrons. The minimum absolute atomic E-state index is 0.143. The monoisotopic (exact) mass is 348 g/mol. The van der Waals surface area contributed by atoms with E-state index < -0.39 is 0 Å². The molecule has 0 aliphatic carbocycles. The van der Waals surface area contributed by atoms with Crippen LogP contribution >= 0.6 is 23.2 Å². The summed E-state index contributed by atoms with van der Waals surface area (Å²) in [6, 6.07) is 7.74. The van der Waals surface area contributed by atoms with Gasteiger partial charge in [-0.1, -0.05) is 35.3 Å². The normalized spacial score (nSPS) is 17.4. The maximum Gasteiger partial charge on any atom is 0.327 e. The van der Waals surface area contributed by atoms with Crippen molar-refractivity contribution in [3.63, 3.8) is 0 Å². The first-order valence-electron chi connectivity index (χ1n) is 7.40. The Morgan fingerprint density at radius 3 is 2.91 bits per heavy atom. The van der Waals surface area contributed by atoms with Crippen molar-refractivity contribution in [2.24, 2.45) is 0 Å². The number of hydrogen-bond donors (Lipinski definition) is 2. The molecule has 5 nitrogen and oxygen atoms in total. The third-order valence-electron chi connectivity index (χ3n) is 4.22. The van der Waals surface area contributed by atoms with E-state index >= 15 is 0 Å². The first kappa shape index (κ1) is 14.8. The highest BCUT2D eigenvalue weighted by Crippen LogP contribution is 2.33. The van der Waals surface area contributed by atoms with Gasteiger partial charge in [0, 0.05) is 29.9 Å². The molecular weight excluding hydrogens is 335 g/mol. The Hall–Kier alpha value is -1.82. The molecule has 1 saturated heterocycles. The fourth-order valence-corrected chi connectivity index (χ4v) is 3.22. The van der Waals surface area contributed by atoms with Crippen LogP contribution in [0.15, 0.2) is 35.3 Å². The number of nitrogens with zero attached hydrogens (tertiary/aromatic N) is 2. The molecule has 1 aromatic carbocycles. The van der Waals surface area contributed by atoms with Crippen molar-refractivity contribution in [2.45, 2.75) is 19.0 Å². The second-order valence-electron chi connectivity index (χ2n) is 5.67. The molecule has 0 spiro atoms. The van der Waals surface area contributed by atoms with Gasteiger partial charge in [-0.2, -0.15) is 0 Å². The van der Waals surface area contributed by atoms with Crippen LogP contribution in [0.5, 0.6) is 0 Å². The maximum atomic E-state index is 12.2. The fourth-order valence-electron chi connectivity index (χ4n) is 2.81. The number of H-pyrrole nitrogens is 1. The number of halogens is 2. The van der Waals surface area contributed by atoms with E-state index in [1.165, 1.54) is 0 Å². The lowest BCUT2D eigenvalue weighted by Gasteiger charge is -2.27. The molecule has 0 bridgehead atoms. The van der Waals surface area contributed by atoms with Gasteiger partial charge in [-0.05, 0) is 25.1 Å². The minimum Gasteiger partial charge on any atom is -0.312 e. The van der Waals surface area contributed by atoms with Crippen LogP contribution in [0, 0.1) is 0 Å². The number of nitrogens with one attached hydrogen (secondary N) is 2. The molecule has 0 saturated carbocycles. The van der Waals surface area contributed by atoms with Crippen molar-refractivity contribution in [2.75, 3.05) is 6.54 Å². The molecule has 1 aliphatic rings. The average molecular weight is 349 g/mol. The third kappa shape index (κ3) is 2.55. The summed E-state index contributed by atoms with van der Waals surface area (Å²) < 4.78 is 1.72. The van der Waals surface area contributed by atoms with E-state index in [0.29, 0.717) is 28.3 Å². The molecule has 2 aromatic heterocycles. The van der Waals surface area contributed by atoms with Gasteiger partial charge in [0.2, 0.25) is 0 Å². The summed E-state index contributed by atoms with van der Waals surface area (Å²) in [6.07, 6.45) is 2.77. The number of aromatic amines is 1. The average Bonchev–Trinajstić information content (AvgIpc) is 2.80. The Morgan fingerprint density at radius 1 is 1.35 bits per heavy atom. The van der Waals surface area contributed by atoms with Crippen molar-refractivity contribution in [3.8, 4) is 11.1 Å². The van der Waals surface area contributed by atoms with Gasteiger partial charge in [-0.15, -0.1) is 0 Å². The predicted molar refractivity (Wildman–Crippen MR) is 92.2 cm³/mol. The highest BCUT2D eigenvalue weighted by molar-refractivity contribution is 6.43. The van der Waals surface area contributed by atoms with Crippen LogP contribution in [-0.4, -0.2) is 27.1 Å². The number of benzene rings is 1. The van der Waals surface area contributed by atoms with Gasteiger partial charge < -0.3 is 5.32 Å². The molecule has 1 fully saturated rings. The summed E-state index contributed by atoms with van der Waals surface area (Å²) in [6.45, 7) is 1.64. The molecule has 0 unspecified atom stereocenters. The Labute approximate surface area is 142 Å². The van der Waals surface area contributed by atoms with Crippen LogP contribution in [0.4, 0.5) is 0 Å². The Morgan fingerprint density at radius 2 is 2.17 bits per heavy atom. The van der Waals surface area contributed by atoms with Crippen molar-refractivity contribution in [3.05, 3.63) is 51.0 Å². The molecule has 1 aliphatic heterocycles. The van der Waals surface area contributed by atoms with Crippen LogP contribution < -0.4 is 11.0 Å². The lowest BCUT2D eigenvalue weighted by Crippen LogP contribution is -2.46. The summed E-state index contributed by atoms with van der Waals surface area (Å²) in [5.41, 5.74) is 2.85. The summed E-state index contributed by atoms with van der Waals surface area (Å²) in [7, 11) is 0. The summed E-state index contributed by atoms with van der Waals surface area (Å²) >= 11 is 12.4. The molecule has 3 aromatic rings. The van der Waals surface area contributed by atoms with Gasteiger partial charge in [0.15, 0.2) is 5.65 Å². The molecule has 23 heavy (non-hydrogen) atoms. The van der Waals surface area contributed by atoms with E-state index in [2.05, 4.69) is 15.3 Å². The minimum atomic E-state index is -0.143. The number of imidazole rings is 1. The summed E-state index contributed by atoms with van der Waals surface area (Å²) in [5, 5.41) is 4.29. The van der Waals surface area contributed by atoms with Crippen LogP contribution in [0.2, 0.25) is 10.0 Å². The Kier molecular flexibility index (Phi) is 3.64. The van der Waals surface area contributed by atoms with Crippen LogP contribution in [0.1, 0.15) is 6.42 Å². The number of fused-ring (bicyclic) bond motifs is 1. The Balaban J connectivity index is 1.84. The van der Waals surface area contributed by atoms with E-state index in [9.17, 15) is 4.79 Å². The van der Waals surface area contributed by atoms with Crippen LogP contribution in [0.3, 0.4) is 0 Å². The zero-order valence-electron chi connectivity index (χ0n) is 12.1. The summed E-state index contributed by atoms with van der Waals surface area (Å²) in [4.78, 5) is 19.3. The molecule has 118 valence electrons. The lowest BCUT2D eigenvalue weighted by atomic mass is 10.1. The molecule has 3 heterocycles. The quantitative estimate of drug-likeness (QED) is 0.764. The van der Waals surface area contributed by atoms with Gasteiger partial charge in [0.1, 0.15) is 0 Å². The van der Waals surface area contributed by atoms with E-state index in [0.717, 1.165) is 29.6 Å². The van der Waals surface area contributed by atoms with Crippen molar-refractivity contribution in [1.82, 2.24) is 19.9 Å². The maximum absolute atomic E-state index is 12.2. The smallest absolute Gasteiger partial charge is 0.312 e. The van der Waals surface area contributed by atoms with Gasteiger partial charge in [-0.3, -0.25) is 9.55 Å². The number of rotatable bonds is 3. The first-order chi connectivity index (χ1) is 11.1. The number of hydrogen-bond acceptors (Lipinski definition) is 3. The van der Waals surface area contributed by atoms with E-state index in [4.69, 9.17) is 23.2 Å². The zero-order valence-corrected chi connectivity index (χ0v) is 13.7. The largest absolute Gasteiger partial charge is 0.327 e. The number of pyridine rings is 1. The molecular formula is C16H14Cl2N4O. The van der Waals surface area contributed by atoms with Gasteiger partial charge in [0.25, 0.3) is 0 Å². The second-order valence-corrected chi connectivity index (χ2v) is 6.46. The summed E-state index contributed by atoms with van der Waals surface area (Å²) in [5.74, 6) is 0. The van der Waals surface area contributed by atoms with Crippen LogP contribution in [-0.2, 0) is 6.54 Å². The second kappa shape index (κ2) is 5.67. The topological polar surface area (TPSA) is 62.7 Å². The lowest BCUT2D eigenvalue weighted by molar-refractivity contribution is 0.331. The van der Waals surface area contributed by atoms with Crippen molar-refractivity contribution < 1.29 is 0 Å². The molecule has 1 atom stereocenters. The molecule has 7 heteroatoms. The number of aromatic nitrogens is 3. The van der Waals surface area contributed by atoms with E-state index in [1.807, 2.05) is 18.2 Å². The zero-order chi connectivity index (χ0) is 16.0. The molecule has 4 rings (SSSR count). The highest BCUT2D eigenvalue weighted by Gasteiger charge is 2.20. The van der Waals surface area contributed by atoms with Crippen LogP contribution in [0.25, 0.3) is 22.3 Å². The predicted octanol–water partition coefficient (Wildman–Crippen LogP) is 3.06. The van der Waals surface area contributed by atoms with Gasteiger partial charge >= 0.3 is 5.69 Å². The van der Waals surface area contributed by atoms with E-state index in [1.54, 1.807) is 16.8 Å². The molecule has 2 N–H and O–H groups in total. The van der Waals surface area contributed by atoms with E-state index in [-0.39, 0.29) is 5.69 Å². The fraction of sp³-hybridized carbons (Fsp3) is 0.250. The molecule has 0 amide bonds. The SMILES string of the molecule is O=c1[nH]c2ncc(-c3cccc(Cl)c3Cl)cc2n1C[C@H]1CCN1. The van der Waals surface area contributed by atoms with Crippen molar-refractivity contribution in [1.29, 1.82) is 0 Å². The standard InChI is InChI=1S/C16H14Cl2N4O/c17-12-3-1-2-11(14(12)18)9-6-13-15(20-7-9)21-16(23)22(13)8-10-4-5-19-10/h1-3,6-7,10,19H,4-5,8H2,(H,20,21,23)/t10-/m1/s1.